The van der Waals surface area contributed by atoms with Crippen molar-refractivity contribution >= 4 is 39.1 Å². The van der Waals surface area contributed by atoms with E-state index in [0.717, 1.165) is 12.0 Å². The molecule has 1 atom stereocenters. The maximum atomic E-state index is 12.9. The second kappa shape index (κ2) is 6.65. The van der Waals surface area contributed by atoms with Gasteiger partial charge in [-0.15, -0.1) is 4.40 Å². The van der Waals surface area contributed by atoms with E-state index in [9.17, 15) is 13.2 Å². The minimum atomic E-state index is -3.71. The Kier molecular flexibility index (Phi) is 4.44. The van der Waals surface area contributed by atoms with Crippen LogP contribution < -0.4 is 5.32 Å². The van der Waals surface area contributed by atoms with Crippen LogP contribution >= 0.6 is 11.6 Å². The fourth-order valence-corrected chi connectivity index (χ4v) is 4.88. The molecule has 2 aromatic rings. The molecule has 1 fully saturated rings. The number of halogens is 1. The number of amidine groups is 1. The number of sulfonamides is 1. The number of nitrogens with one attached hydrogen (secondary N) is 1. The third kappa shape index (κ3) is 3.21. The van der Waals surface area contributed by atoms with Crippen molar-refractivity contribution in [2.24, 2.45) is 4.40 Å². The molecule has 140 valence electrons. The summed E-state index contributed by atoms with van der Waals surface area (Å²) < 4.78 is 28.6. The zero-order valence-electron chi connectivity index (χ0n) is 14.6. The van der Waals surface area contributed by atoms with Gasteiger partial charge in [0.05, 0.1) is 0 Å². The zero-order valence-corrected chi connectivity index (χ0v) is 16.2. The van der Waals surface area contributed by atoms with E-state index < -0.39 is 16.1 Å². The van der Waals surface area contributed by atoms with Gasteiger partial charge in [-0.3, -0.25) is 4.79 Å². The highest BCUT2D eigenvalue weighted by atomic mass is 35.5. The van der Waals surface area contributed by atoms with Crippen molar-refractivity contribution in [1.29, 1.82) is 0 Å². The maximum Gasteiger partial charge on any atom is 0.285 e. The molecule has 1 saturated heterocycles. The van der Waals surface area contributed by atoms with Gasteiger partial charge in [-0.05, 0) is 49.6 Å². The fourth-order valence-electron chi connectivity index (χ4n) is 3.48. The molecule has 0 spiro atoms. The third-order valence-corrected chi connectivity index (χ3v) is 6.61. The van der Waals surface area contributed by atoms with E-state index >= 15 is 0 Å². The van der Waals surface area contributed by atoms with Crippen molar-refractivity contribution in [1.82, 2.24) is 4.90 Å². The number of hydrogen-bond donors (Lipinski definition) is 1. The van der Waals surface area contributed by atoms with E-state index in [2.05, 4.69) is 9.71 Å². The van der Waals surface area contributed by atoms with Gasteiger partial charge in [0.25, 0.3) is 10.0 Å². The number of likely N-dealkylation sites (tertiary alicyclic amines) is 1. The molecule has 0 bridgehead atoms. The van der Waals surface area contributed by atoms with Crippen LogP contribution in [0.15, 0.2) is 51.8 Å². The molecule has 6 nitrogen and oxygen atoms in total. The first-order chi connectivity index (χ1) is 12.9. The first-order valence-corrected chi connectivity index (χ1v) is 10.5. The lowest BCUT2D eigenvalue weighted by Crippen LogP contribution is -2.43. The topological polar surface area (TPSA) is 78.8 Å². The Hall–Kier alpha value is -2.38. The minimum Gasteiger partial charge on any atom is -0.343 e. The lowest BCUT2D eigenvalue weighted by Gasteiger charge is -2.25. The van der Waals surface area contributed by atoms with Crippen molar-refractivity contribution in [3.63, 3.8) is 0 Å². The number of carbonyl (C=O) groups is 1. The number of hydrogen-bond acceptors (Lipinski definition) is 4. The SMILES string of the molecule is Cc1ccc(NC(=O)[C@@H]2CCCN2C2=NS(=O)(=O)c3ccccc32)cc1Cl. The highest BCUT2D eigenvalue weighted by Gasteiger charge is 2.39. The molecule has 0 aromatic heterocycles. The van der Waals surface area contributed by atoms with Crippen LogP contribution in [0.25, 0.3) is 0 Å². The molecule has 2 aliphatic heterocycles. The van der Waals surface area contributed by atoms with E-state index in [4.69, 9.17) is 11.6 Å². The molecule has 0 aliphatic carbocycles. The predicted octanol–water partition coefficient (Wildman–Crippen LogP) is 3.20. The second-order valence-corrected chi connectivity index (χ2v) is 8.67. The average molecular weight is 404 g/mol. The number of benzene rings is 2. The minimum absolute atomic E-state index is 0.191. The van der Waals surface area contributed by atoms with E-state index in [1.807, 2.05) is 13.0 Å². The molecular formula is C19H18ClN3O3S. The fraction of sp³-hybridized carbons (Fsp3) is 0.263. The Morgan fingerprint density at radius 1 is 1.26 bits per heavy atom. The first-order valence-electron chi connectivity index (χ1n) is 8.65. The molecule has 0 radical (unpaired) electrons. The van der Waals surface area contributed by atoms with Crippen LogP contribution in [0.3, 0.4) is 0 Å². The van der Waals surface area contributed by atoms with Gasteiger partial charge in [0.15, 0.2) is 5.84 Å². The quantitative estimate of drug-likeness (QED) is 0.835. The molecule has 1 N–H and O–H groups in total. The Labute approximate surface area is 162 Å². The molecule has 2 aliphatic rings. The van der Waals surface area contributed by atoms with Gasteiger partial charge in [0.1, 0.15) is 10.9 Å². The Balaban J connectivity index is 1.61. The number of amides is 1. The highest BCUT2D eigenvalue weighted by Crippen LogP contribution is 2.31. The Morgan fingerprint density at radius 2 is 2.04 bits per heavy atom. The van der Waals surface area contributed by atoms with Crippen LogP contribution in [-0.2, 0) is 14.8 Å². The average Bonchev–Trinajstić information content (AvgIpc) is 3.21. The summed E-state index contributed by atoms with van der Waals surface area (Å²) in [5.41, 5.74) is 2.10. The molecule has 0 saturated carbocycles. The van der Waals surface area contributed by atoms with Gasteiger partial charge in [0, 0.05) is 22.8 Å². The monoisotopic (exact) mass is 403 g/mol. The molecule has 2 aromatic carbocycles. The normalized spacial score (nSPS) is 20.3. The maximum absolute atomic E-state index is 12.9. The van der Waals surface area contributed by atoms with Crippen molar-refractivity contribution < 1.29 is 13.2 Å². The number of carbonyl (C=O) groups excluding carboxylic acids is 1. The van der Waals surface area contributed by atoms with Crippen LogP contribution in [-0.4, -0.2) is 37.6 Å². The number of fused-ring (bicyclic) bond motifs is 1. The number of nitrogens with zero attached hydrogens (tertiary/aromatic N) is 2. The smallest absolute Gasteiger partial charge is 0.285 e. The van der Waals surface area contributed by atoms with Crippen LogP contribution in [0.1, 0.15) is 24.0 Å². The highest BCUT2D eigenvalue weighted by molar-refractivity contribution is 7.90. The largest absolute Gasteiger partial charge is 0.343 e. The summed E-state index contributed by atoms with van der Waals surface area (Å²) >= 11 is 6.13. The third-order valence-electron chi connectivity index (χ3n) is 4.88. The van der Waals surface area contributed by atoms with Crippen molar-refractivity contribution in [2.45, 2.75) is 30.7 Å². The van der Waals surface area contributed by atoms with Crippen molar-refractivity contribution in [2.75, 3.05) is 11.9 Å². The summed E-state index contributed by atoms with van der Waals surface area (Å²) in [5.74, 6) is 0.155. The molecule has 4 rings (SSSR count). The molecular weight excluding hydrogens is 386 g/mol. The number of aryl methyl sites for hydroxylation is 1. The predicted molar refractivity (Wildman–Crippen MR) is 105 cm³/mol. The summed E-state index contributed by atoms with van der Waals surface area (Å²) in [5, 5.41) is 3.46. The molecule has 0 unspecified atom stereocenters. The molecule has 8 heteroatoms. The van der Waals surface area contributed by atoms with Crippen molar-refractivity contribution in [3.8, 4) is 0 Å². The Morgan fingerprint density at radius 3 is 2.81 bits per heavy atom. The van der Waals surface area contributed by atoms with Gasteiger partial charge < -0.3 is 10.2 Å². The second-order valence-electron chi connectivity index (χ2n) is 6.69. The van der Waals surface area contributed by atoms with Crippen LogP contribution in [0.4, 0.5) is 5.69 Å². The van der Waals surface area contributed by atoms with Gasteiger partial charge in [0.2, 0.25) is 5.91 Å². The van der Waals surface area contributed by atoms with Gasteiger partial charge in [-0.25, -0.2) is 0 Å². The zero-order chi connectivity index (χ0) is 19.2. The van der Waals surface area contributed by atoms with Gasteiger partial charge >= 0.3 is 0 Å². The Bertz CT molecular complexity index is 1070. The number of anilines is 1. The van der Waals surface area contributed by atoms with Gasteiger partial charge in [-0.1, -0.05) is 29.8 Å². The summed E-state index contributed by atoms with van der Waals surface area (Å²) in [4.78, 5) is 14.8. The van der Waals surface area contributed by atoms with E-state index in [1.165, 1.54) is 0 Å². The standard InChI is InChI=1S/C19H18ClN3O3S/c1-12-8-9-13(11-15(12)20)21-19(24)16-6-4-10-23(16)18-14-5-2-3-7-17(14)27(25,26)22-18/h2-3,5,7-9,11,16H,4,6,10H2,1H3,(H,21,24)/t16-/m0/s1. The summed E-state index contributed by atoms with van der Waals surface area (Å²) in [6.07, 6.45) is 1.42. The summed E-state index contributed by atoms with van der Waals surface area (Å²) in [6, 6.07) is 11.6. The first kappa shape index (κ1) is 18.0. The van der Waals surface area contributed by atoms with E-state index in [-0.39, 0.29) is 10.8 Å². The van der Waals surface area contributed by atoms with Crippen LogP contribution in [0, 0.1) is 6.92 Å². The van der Waals surface area contributed by atoms with Crippen LogP contribution in [0.5, 0.6) is 0 Å². The number of rotatable bonds is 2. The molecule has 2 heterocycles. The lowest BCUT2D eigenvalue weighted by molar-refractivity contribution is -0.119. The van der Waals surface area contributed by atoms with Gasteiger partial charge in [-0.2, -0.15) is 8.42 Å². The molecule has 1 amide bonds. The summed E-state index contributed by atoms with van der Waals surface area (Å²) in [6.45, 7) is 2.47. The van der Waals surface area contributed by atoms with Crippen LogP contribution in [0.2, 0.25) is 5.02 Å². The molecule has 27 heavy (non-hydrogen) atoms. The lowest BCUT2D eigenvalue weighted by atomic mass is 10.1. The van der Waals surface area contributed by atoms with E-state index in [0.29, 0.717) is 35.1 Å². The van der Waals surface area contributed by atoms with E-state index in [1.54, 1.807) is 41.3 Å². The van der Waals surface area contributed by atoms with Crippen molar-refractivity contribution in [3.05, 3.63) is 58.6 Å². The summed E-state index contributed by atoms with van der Waals surface area (Å²) in [7, 11) is -3.71.